The number of carboxylic acid groups (broad SMARTS) is 1. The average molecular weight is 319 g/mol. The maximum absolute atomic E-state index is 12.4. The largest absolute Gasteiger partial charge is 0.481 e. The first-order chi connectivity index (χ1) is 10.7. The molecule has 1 aliphatic heterocycles. The van der Waals surface area contributed by atoms with Crippen LogP contribution in [0.4, 0.5) is 5.69 Å². The van der Waals surface area contributed by atoms with Crippen molar-refractivity contribution >= 4 is 23.3 Å². The molecular weight excluding hydrogens is 302 g/mol. The number of hydrogen-bond acceptors (Lipinski definition) is 5. The van der Waals surface area contributed by atoms with E-state index in [9.17, 15) is 19.5 Å². The highest BCUT2D eigenvalue weighted by Gasteiger charge is 2.65. The second-order valence-corrected chi connectivity index (χ2v) is 6.41. The molecule has 1 saturated carbocycles. The van der Waals surface area contributed by atoms with Gasteiger partial charge in [-0.05, 0) is 18.4 Å². The maximum atomic E-state index is 12.4. The van der Waals surface area contributed by atoms with Gasteiger partial charge >= 0.3 is 5.97 Å². The van der Waals surface area contributed by atoms with Crippen molar-refractivity contribution in [2.45, 2.75) is 20.8 Å². The number of carbonyl (C=O) groups excluding carboxylic acids is 2. The number of benzene rings is 1. The molecule has 1 aromatic rings. The van der Waals surface area contributed by atoms with Gasteiger partial charge in [-0.3, -0.25) is 14.4 Å². The van der Waals surface area contributed by atoms with Crippen LogP contribution in [0.5, 0.6) is 11.5 Å². The van der Waals surface area contributed by atoms with Crippen LogP contribution in [-0.4, -0.2) is 29.6 Å². The molecule has 2 aliphatic rings. The Balaban J connectivity index is 1.87. The van der Waals surface area contributed by atoms with Crippen LogP contribution in [0.1, 0.15) is 31.1 Å². The number of nitrogens with one attached hydrogen (secondary N) is 1. The van der Waals surface area contributed by atoms with Crippen molar-refractivity contribution < 1.29 is 29.0 Å². The number of amides is 1. The Morgan fingerprint density at radius 3 is 2.30 bits per heavy atom. The fourth-order valence-corrected chi connectivity index (χ4v) is 3.14. The number of carbonyl (C=O) groups is 3. The highest BCUT2D eigenvalue weighted by molar-refractivity contribution is 6.06. The van der Waals surface area contributed by atoms with Crippen molar-refractivity contribution in [3.63, 3.8) is 0 Å². The molecule has 0 aromatic heterocycles. The van der Waals surface area contributed by atoms with Crippen molar-refractivity contribution in [1.29, 1.82) is 0 Å². The lowest BCUT2D eigenvalue weighted by atomic mass is 10.1. The Morgan fingerprint density at radius 2 is 1.78 bits per heavy atom. The lowest BCUT2D eigenvalue weighted by Crippen LogP contribution is -2.19. The smallest absolute Gasteiger partial charge is 0.307 e. The maximum Gasteiger partial charge on any atom is 0.307 e. The minimum absolute atomic E-state index is 0.0564. The van der Waals surface area contributed by atoms with Crippen LogP contribution in [0, 0.1) is 17.3 Å². The second kappa shape index (κ2) is 4.97. The number of hydrogen-bond donors (Lipinski definition) is 2. The third-order valence-electron chi connectivity index (χ3n) is 4.53. The van der Waals surface area contributed by atoms with Gasteiger partial charge in [0.25, 0.3) is 0 Å². The topological polar surface area (TPSA) is 102 Å². The summed E-state index contributed by atoms with van der Waals surface area (Å²) in [5.74, 6) is -2.11. The molecule has 0 saturated heterocycles. The zero-order valence-corrected chi connectivity index (χ0v) is 13.0. The molecule has 0 bridgehead atoms. The number of fused-ring (bicyclic) bond motifs is 1. The number of anilines is 1. The number of aliphatic carboxylic acids is 1. The van der Waals surface area contributed by atoms with Crippen molar-refractivity contribution in [2.24, 2.45) is 17.3 Å². The molecule has 2 N–H and O–H groups in total. The predicted molar refractivity (Wildman–Crippen MR) is 79.6 cm³/mol. The van der Waals surface area contributed by atoms with E-state index in [2.05, 4.69) is 5.32 Å². The molecule has 3 rings (SSSR count). The van der Waals surface area contributed by atoms with Gasteiger partial charge < -0.3 is 19.9 Å². The third-order valence-corrected chi connectivity index (χ3v) is 4.53. The fourth-order valence-electron chi connectivity index (χ4n) is 3.14. The number of ether oxygens (including phenoxy) is 2. The highest BCUT2D eigenvalue weighted by Crippen LogP contribution is 2.58. The standard InChI is InChI=1S/C16H17NO6/c1-7(18)8-4-10-11(23-6-22-10)5-9(8)17-14(19)12-13(15(20)21)16(12,2)3/h4-5,12-13H,6H2,1-3H3,(H,17,19)(H,20,21)/t12-,13-/m0/s1. The highest BCUT2D eigenvalue weighted by atomic mass is 16.7. The minimum atomic E-state index is -0.993. The summed E-state index contributed by atoms with van der Waals surface area (Å²) in [4.78, 5) is 35.4. The summed E-state index contributed by atoms with van der Waals surface area (Å²) in [6.07, 6.45) is 0. The second-order valence-electron chi connectivity index (χ2n) is 6.41. The summed E-state index contributed by atoms with van der Waals surface area (Å²) in [6.45, 7) is 4.91. The van der Waals surface area contributed by atoms with E-state index in [1.807, 2.05) is 0 Å². The zero-order chi connectivity index (χ0) is 16.9. The summed E-state index contributed by atoms with van der Waals surface area (Å²) in [6, 6.07) is 3.05. The van der Waals surface area contributed by atoms with Crippen LogP contribution in [0.25, 0.3) is 0 Å². The normalized spacial score (nSPS) is 23.3. The number of rotatable bonds is 4. The monoisotopic (exact) mass is 319 g/mol. The van der Waals surface area contributed by atoms with Crippen LogP contribution in [-0.2, 0) is 9.59 Å². The summed E-state index contributed by atoms with van der Waals surface area (Å²) in [7, 11) is 0. The van der Waals surface area contributed by atoms with Crippen molar-refractivity contribution in [3.05, 3.63) is 17.7 Å². The van der Waals surface area contributed by atoms with Crippen LogP contribution in [0.2, 0.25) is 0 Å². The first kappa shape index (κ1) is 15.3. The molecule has 1 aliphatic carbocycles. The van der Waals surface area contributed by atoms with E-state index in [1.54, 1.807) is 13.8 Å². The molecule has 7 heteroatoms. The number of Topliss-reactive ketones (excluding diaryl/α,β-unsaturated/α-hetero) is 1. The van der Waals surface area contributed by atoms with Gasteiger partial charge in [-0.25, -0.2) is 0 Å². The molecule has 23 heavy (non-hydrogen) atoms. The Labute approximate surface area is 132 Å². The Bertz CT molecular complexity index is 724. The van der Waals surface area contributed by atoms with Gasteiger partial charge in [-0.1, -0.05) is 13.8 Å². The van der Waals surface area contributed by atoms with Crippen molar-refractivity contribution in [2.75, 3.05) is 12.1 Å². The van der Waals surface area contributed by atoms with E-state index in [0.717, 1.165) is 0 Å². The van der Waals surface area contributed by atoms with E-state index in [0.29, 0.717) is 22.7 Å². The van der Waals surface area contributed by atoms with Crippen molar-refractivity contribution in [3.8, 4) is 11.5 Å². The third kappa shape index (κ3) is 2.42. The molecule has 1 aromatic carbocycles. The fraction of sp³-hybridized carbons (Fsp3) is 0.438. The summed E-state index contributed by atoms with van der Waals surface area (Å²) >= 11 is 0. The Kier molecular flexibility index (Phi) is 3.31. The van der Waals surface area contributed by atoms with Gasteiger partial charge in [0.05, 0.1) is 17.5 Å². The molecule has 1 fully saturated rings. The molecule has 1 heterocycles. The van der Waals surface area contributed by atoms with Gasteiger partial charge in [0, 0.05) is 11.6 Å². The molecule has 0 spiro atoms. The minimum Gasteiger partial charge on any atom is -0.481 e. The van der Waals surface area contributed by atoms with E-state index in [1.165, 1.54) is 19.1 Å². The van der Waals surface area contributed by atoms with Gasteiger partial charge in [0.1, 0.15) is 0 Å². The summed E-state index contributed by atoms with van der Waals surface area (Å²) in [5.41, 5.74) is -0.00523. The van der Waals surface area contributed by atoms with Crippen LogP contribution in [0.3, 0.4) is 0 Å². The lowest BCUT2D eigenvalue weighted by molar-refractivity contribution is -0.140. The predicted octanol–water partition coefficient (Wildman–Crippen LogP) is 1.91. The quantitative estimate of drug-likeness (QED) is 0.822. The van der Waals surface area contributed by atoms with E-state index < -0.39 is 29.1 Å². The van der Waals surface area contributed by atoms with E-state index in [4.69, 9.17) is 9.47 Å². The van der Waals surface area contributed by atoms with E-state index in [-0.39, 0.29) is 12.6 Å². The van der Waals surface area contributed by atoms with E-state index >= 15 is 0 Å². The molecule has 0 unspecified atom stereocenters. The molecular formula is C16H17NO6. The molecule has 122 valence electrons. The first-order valence-electron chi connectivity index (χ1n) is 7.21. The van der Waals surface area contributed by atoms with Crippen LogP contribution >= 0.6 is 0 Å². The van der Waals surface area contributed by atoms with Gasteiger partial charge in [0.2, 0.25) is 12.7 Å². The Hall–Kier alpha value is -2.57. The number of carboxylic acids is 1. The van der Waals surface area contributed by atoms with Crippen LogP contribution in [0.15, 0.2) is 12.1 Å². The zero-order valence-electron chi connectivity index (χ0n) is 13.0. The lowest BCUT2D eigenvalue weighted by Gasteiger charge is -2.11. The Morgan fingerprint density at radius 1 is 1.17 bits per heavy atom. The van der Waals surface area contributed by atoms with Gasteiger partial charge in [0.15, 0.2) is 17.3 Å². The van der Waals surface area contributed by atoms with Crippen LogP contribution < -0.4 is 14.8 Å². The molecule has 2 atom stereocenters. The summed E-state index contributed by atoms with van der Waals surface area (Å²) < 4.78 is 10.5. The van der Waals surface area contributed by atoms with Crippen molar-refractivity contribution in [1.82, 2.24) is 0 Å². The summed E-state index contributed by atoms with van der Waals surface area (Å²) in [5, 5.41) is 11.8. The molecule has 7 nitrogen and oxygen atoms in total. The average Bonchev–Trinajstić information content (AvgIpc) is 2.79. The molecule has 0 radical (unpaired) electrons. The SMILES string of the molecule is CC(=O)c1cc2c(cc1NC(=O)[C@@H]1[C@@H](C(=O)O)C1(C)C)OCO2. The van der Waals surface area contributed by atoms with Gasteiger partial charge in [-0.15, -0.1) is 0 Å². The molecule has 1 amide bonds. The van der Waals surface area contributed by atoms with Gasteiger partial charge in [-0.2, -0.15) is 0 Å². The first-order valence-corrected chi connectivity index (χ1v) is 7.21. The number of ketones is 1.